The van der Waals surface area contributed by atoms with Gasteiger partial charge in [-0.05, 0) is 25.0 Å². The molecule has 7 heteroatoms. The van der Waals surface area contributed by atoms with Gasteiger partial charge in [0.1, 0.15) is 0 Å². The van der Waals surface area contributed by atoms with Crippen molar-refractivity contribution >= 4 is 23.1 Å². The number of nitrogens with one attached hydrogen (secondary N) is 1. The van der Waals surface area contributed by atoms with Crippen molar-refractivity contribution in [2.24, 2.45) is 5.73 Å². The highest BCUT2D eigenvalue weighted by Crippen LogP contribution is 2.30. The summed E-state index contributed by atoms with van der Waals surface area (Å²) in [7, 11) is 0. The molecule has 0 atom stereocenters. The Labute approximate surface area is 119 Å². The van der Waals surface area contributed by atoms with E-state index in [2.05, 4.69) is 5.32 Å². The molecule has 0 aliphatic heterocycles. The van der Waals surface area contributed by atoms with Crippen LogP contribution in [0.5, 0.6) is 0 Å². The summed E-state index contributed by atoms with van der Waals surface area (Å²) in [5.74, 6) is -5.38. The lowest BCUT2D eigenvalue weighted by molar-refractivity contribution is 0.0919. The van der Waals surface area contributed by atoms with Gasteiger partial charge in [0.25, 0.3) is 5.91 Å². The summed E-state index contributed by atoms with van der Waals surface area (Å²) < 4.78 is 39.6. The van der Waals surface area contributed by atoms with Crippen LogP contribution in [-0.4, -0.2) is 16.4 Å². The molecule has 0 saturated heterocycles. The van der Waals surface area contributed by atoms with E-state index in [-0.39, 0.29) is 4.99 Å². The molecule has 0 aromatic heterocycles. The lowest BCUT2D eigenvalue weighted by atomic mass is 9.97. The van der Waals surface area contributed by atoms with Crippen LogP contribution in [0, 0.1) is 17.5 Å². The standard InChI is InChI=1S/C13H13F3N2OS/c14-8-4-3-7(9(15)10(8)16)11(19)18-13(12(17)20)5-1-2-6-13/h3-4H,1-2,5-6H2,(H2,17,20)(H,18,19). The zero-order valence-corrected chi connectivity index (χ0v) is 11.3. The third-order valence-electron chi connectivity index (χ3n) is 3.56. The van der Waals surface area contributed by atoms with Crippen molar-refractivity contribution in [3.8, 4) is 0 Å². The Hall–Kier alpha value is -1.63. The Morgan fingerprint density at radius 2 is 1.80 bits per heavy atom. The van der Waals surface area contributed by atoms with Gasteiger partial charge in [0.05, 0.1) is 16.1 Å². The number of carbonyl (C=O) groups is 1. The van der Waals surface area contributed by atoms with Gasteiger partial charge in [-0.2, -0.15) is 0 Å². The average molecular weight is 302 g/mol. The molecule has 0 unspecified atom stereocenters. The minimum atomic E-state index is -1.67. The SMILES string of the molecule is NC(=S)C1(NC(=O)c2ccc(F)c(F)c2F)CCCC1. The molecule has 2 rings (SSSR count). The molecule has 1 aromatic carbocycles. The first-order valence-corrected chi connectivity index (χ1v) is 6.54. The zero-order chi connectivity index (χ0) is 14.9. The Morgan fingerprint density at radius 3 is 2.35 bits per heavy atom. The van der Waals surface area contributed by atoms with Crippen LogP contribution in [0.1, 0.15) is 36.0 Å². The number of hydrogen-bond acceptors (Lipinski definition) is 2. The molecule has 20 heavy (non-hydrogen) atoms. The third kappa shape index (κ3) is 2.49. The van der Waals surface area contributed by atoms with E-state index < -0.39 is 34.5 Å². The lowest BCUT2D eigenvalue weighted by Crippen LogP contribution is -2.55. The van der Waals surface area contributed by atoms with E-state index in [1.165, 1.54) is 0 Å². The van der Waals surface area contributed by atoms with E-state index in [4.69, 9.17) is 18.0 Å². The van der Waals surface area contributed by atoms with Gasteiger partial charge >= 0.3 is 0 Å². The van der Waals surface area contributed by atoms with E-state index >= 15 is 0 Å². The van der Waals surface area contributed by atoms with Crippen LogP contribution in [0.3, 0.4) is 0 Å². The Morgan fingerprint density at radius 1 is 1.20 bits per heavy atom. The van der Waals surface area contributed by atoms with Crippen LogP contribution in [0.2, 0.25) is 0 Å². The summed E-state index contributed by atoms with van der Waals surface area (Å²) in [6.07, 6.45) is 2.77. The smallest absolute Gasteiger partial charge is 0.255 e. The van der Waals surface area contributed by atoms with Crippen molar-refractivity contribution in [2.75, 3.05) is 0 Å². The van der Waals surface area contributed by atoms with E-state index in [9.17, 15) is 18.0 Å². The molecule has 108 valence electrons. The van der Waals surface area contributed by atoms with Crippen molar-refractivity contribution in [2.45, 2.75) is 31.2 Å². The Balaban J connectivity index is 2.28. The number of hydrogen-bond donors (Lipinski definition) is 2. The van der Waals surface area contributed by atoms with E-state index in [0.29, 0.717) is 18.9 Å². The maximum absolute atomic E-state index is 13.6. The topological polar surface area (TPSA) is 55.1 Å². The number of amides is 1. The number of thiocarbonyl (C=S) groups is 1. The quantitative estimate of drug-likeness (QED) is 0.666. The molecule has 0 bridgehead atoms. The van der Waals surface area contributed by atoms with Gasteiger partial charge < -0.3 is 11.1 Å². The van der Waals surface area contributed by atoms with Gasteiger partial charge in [-0.25, -0.2) is 13.2 Å². The lowest BCUT2D eigenvalue weighted by Gasteiger charge is -2.29. The fraction of sp³-hybridized carbons (Fsp3) is 0.385. The first-order valence-electron chi connectivity index (χ1n) is 6.13. The van der Waals surface area contributed by atoms with Crippen molar-refractivity contribution in [3.63, 3.8) is 0 Å². The predicted molar refractivity (Wildman–Crippen MR) is 71.8 cm³/mol. The highest BCUT2D eigenvalue weighted by atomic mass is 32.1. The highest BCUT2D eigenvalue weighted by molar-refractivity contribution is 7.80. The summed E-state index contributed by atoms with van der Waals surface area (Å²) >= 11 is 4.95. The minimum Gasteiger partial charge on any atom is -0.391 e. The predicted octanol–water partition coefficient (Wildman–Crippen LogP) is 2.43. The Bertz CT molecular complexity index is 571. The van der Waals surface area contributed by atoms with Crippen molar-refractivity contribution in [1.29, 1.82) is 0 Å². The van der Waals surface area contributed by atoms with E-state index in [0.717, 1.165) is 18.9 Å². The maximum Gasteiger partial charge on any atom is 0.255 e. The first kappa shape index (κ1) is 14.8. The van der Waals surface area contributed by atoms with Crippen LogP contribution < -0.4 is 11.1 Å². The fourth-order valence-corrected chi connectivity index (χ4v) is 2.65. The van der Waals surface area contributed by atoms with Crippen LogP contribution in [0.25, 0.3) is 0 Å². The fourth-order valence-electron chi connectivity index (χ4n) is 2.40. The summed E-state index contributed by atoms with van der Waals surface area (Å²) in [6, 6.07) is 1.60. The molecule has 1 fully saturated rings. The summed E-state index contributed by atoms with van der Waals surface area (Å²) in [5.41, 5.74) is 4.21. The molecule has 0 spiro atoms. The second kappa shape index (κ2) is 5.40. The van der Waals surface area contributed by atoms with Gasteiger partial charge in [0, 0.05) is 0 Å². The second-order valence-corrected chi connectivity index (χ2v) is 5.27. The number of halogens is 3. The molecule has 1 amide bonds. The molecule has 1 aliphatic carbocycles. The zero-order valence-electron chi connectivity index (χ0n) is 10.5. The van der Waals surface area contributed by atoms with Crippen molar-refractivity contribution in [3.05, 3.63) is 35.1 Å². The van der Waals surface area contributed by atoms with Gasteiger partial charge in [0.15, 0.2) is 17.5 Å². The summed E-state index contributed by atoms with van der Waals surface area (Å²) in [6.45, 7) is 0. The van der Waals surface area contributed by atoms with Gasteiger partial charge in [-0.15, -0.1) is 0 Å². The van der Waals surface area contributed by atoms with Crippen LogP contribution in [0.15, 0.2) is 12.1 Å². The molecule has 1 saturated carbocycles. The molecule has 0 radical (unpaired) electrons. The molecule has 0 heterocycles. The average Bonchev–Trinajstić information content (AvgIpc) is 2.86. The highest BCUT2D eigenvalue weighted by Gasteiger charge is 2.39. The van der Waals surface area contributed by atoms with Gasteiger partial charge in [0.2, 0.25) is 0 Å². The normalized spacial score (nSPS) is 16.9. The number of carbonyl (C=O) groups excluding carboxylic acids is 1. The van der Waals surface area contributed by atoms with Crippen LogP contribution >= 0.6 is 12.2 Å². The molecule has 1 aromatic rings. The first-order chi connectivity index (χ1) is 9.37. The van der Waals surface area contributed by atoms with Crippen molar-refractivity contribution < 1.29 is 18.0 Å². The molecular weight excluding hydrogens is 289 g/mol. The molecular formula is C13H13F3N2OS. The summed E-state index contributed by atoms with van der Waals surface area (Å²) in [5, 5.41) is 2.56. The molecule has 1 aliphatic rings. The molecule has 3 N–H and O–H groups in total. The van der Waals surface area contributed by atoms with Crippen LogP contribution in [0.4, 0.5) is 13.2 Å². The van der Waals surface area contributed by atoms with Crippen molar-refractivity contribution in [1.82, 2.24) is 5.32 Å². The minimum absolute atomic E-state index is 0.117. The second-order valence-electron chi connectivity index (χ2n) is 4.83. The largest absolute Gasteiger partial charge is 0.391 e. The summed E-state index contributed by atoms with van der Waals surface area (Å²) in [4.78, 5) is 12.2. The number of benzene rings is 1. The number of rotatable bonds is 3. The number of nitrogens with two attached hydrogens (primary N) is 1. The third-order valence-corrected chi connectivity index (χ3v) is 3.95. The van der Waals surface area contributed by atoms with Crippen LogP contribution in [-0.2, 0) is 0 Å². The van der Waals surface area contributed by atoms with E-state index in [1.807, 2.05) is 0 Å². The molecule has 3 nitrogen and oxygen atoms in total. The Kier molecular flexibility index (Phi) is 3.99. The monoisotopic (exact) mass is 302 g/mol. The maximum atomic E-state index is 13.6. The van der Waals surface area contributed by atoms with Gasteiger partial charge in [-0.1, -0.05) is 25.1 Å². The van der Waals surface area contributed by atoms with E-state index in [1.54, 1.807) is 0 Å². The van der Waals surface area contributed by atoms with Gasteiger partial charge in [-0.3, -0.25) is 4.79 Å².